The second-order valence-corrected chi connectivity index (χ2v) is 8.93. The molecule has 0 saturated carbocycles. The maximum atomic E-state index is 6.07. The second-order valence-electron chi connectivity index (χ2n) is 8.93. The Hall–Kier alpha value is -3.25. The van der Waals surface area contributed by atoms with Crippen LogP contribution in [-0.4, -0.2) is 50.9 Å². The van der Waals surface area contributed by atoms with E-state index >= 15 is 0 Å². The number of rotatable bonds is 9. The molecule has 1 aliphatic heterocycles. The summed E-state index contributed by atoms with van der Waals surface area (Å²) in [5.74, 6) is 0.873. The van der Waals surface area contributed by atoms with Crippen LogP contribution in [0, 0.1) is 6.92 Å². The molecule has 0 unspecified atom stereocenters. The zero-order chi connectivity index (χ0) is 23.5. The molecule has 0 fully saturated rings. The normalized spacial score (nSPS) is 13.1. The van der Waals surface area contributed by atoms with Gasteiger partial charge in [0.05, 0.1) is 17.8 Å². The van der Waals surface area contributed by atoms with E-state index in [-0.39, 0.29) is 0 Å². The van der Waals surface area contributed by atoms with Gasteiger partial charge in [0.2, 0.25) is 0 Å². The Bertz CT molecular complexity index is 1290. The molecule has 3 aromatic heterocycles. The van der Waals surface area contributed by atoms with E-state index < -0.39 is 0 Å². The van der Waals surface area contributed by atoms with Crippen molar-refractivity contribution in [2.45, 2.75) is 46.6 Å². The van der Waals surface area contributed by atoms with Crippen LogP contribution in [0.5, 0.6) is 5.75 Å². The van der Waals surface area contributed by atoms with Crippen molar-refractivity contribution in [1.82, 2.24) is 24.6 Å². The van der Waals surface area contributed by atoms with E-state index in [0.29, 0.717) is 6.61 Å². The van der Waals surface area contributed by atoms with Gasteiger partial charge in [-0.05, 0) is 75.2 Å². The van der Waals surface area contributed by atoms with E-state index in [2.05, 4.69) is 64.8 Å². The molecule has 6 heteroatoms. The summed E-state index contributed by atoms with van der Waals surface area (Å²) < 4.78 is 8.23. The van der Waals surface area contributed by atoms with Gasteiger partial charge in [0.25, 0.3) is 0 Å². The fourth-order valence-electron chi connectivity index (χ4n) is 4.92. The van der Waals surface area contributed by atoms with Gasteiger partial charge in [-0.2, -0.15) is 5.10 Å². The Balaban J connectivity index is 1.47. The number of nitrogens with zero attached hydrogens (tertiary/aromatic N) is 5. The van der Waals surface area contributed by atoms with Gasteiger partial charge < -0.3 is 9.64 Å². The molecule has 5 rings (SSSR count). The Labute approximate surface area is 201 Å². The summed E-state index contributed by atoms with van der Waals surface area (Å²) in [5.41, 5.74) is 7.48. The third kappa shape index (κ3) is 4.42. The van der Waals surface area contributed by atoms with Gasteiger partial charge in [0.1, 0.15) is 11.4 Å². The molecule has 6 nitrogen and oxygen atoms in total. The zero-order valence-corrected chi connectivity index (χ0v) is 20.4. The van der Waals surface area contributed by atoms with Crippen molar-refractivity contribution in [3.8, 4) is 28.3 Å². The van der Waals surface area contributed by atoms with Crippen molar-refractivity contribution in [3.05, 3.63) is 60.0 Å². The van der Waals surface area contributed by atoms with Gasteiger partial charge in [-0.25, -0.2) is 0 Å². The topological polar surface area (TPSA) is 56.1 Å². The largest absolute Gasteiger partial charge is 0.493 e. The highest BCUT2D eigenvalue weighted by Gasteiger charge is 2.25. The SMILES string of the molecule is CCN(CC)CCCOc1ccc2c(-c3c(-c4cccc(C)n4)nn4c3CCC4)ccnc2c1. The van der Waals surface area contributed by atoms with Gasteiger partial charge in [0, 0.05) is 47.7 Å². The molecule has 0 spiro atoms. The number of fused-ring (bicyclic) bond motifs is 2. The van der Waals surface area contributed by atoms with E-state index in [1.54, 1.807) is 0 Å². The molecule has 0 saturated heterocycles. The number of hydrogen-bond donors (Lipinski definition) is 0. The Morgan fingerprint density at radius 3 is 2.79 bits per heavy atom. The van der Waals surface area contributed by atoms with Gasteiger partial charge in [0.15, 0.2) is 0 Å². The van der Waals surface area contributed by atoms with E-state index in [1.807, 2.05) is 19.2 Å². The smallest absolute Gasteiger partial charge is 0.121 e. The molecule has 0 bridgehead atoms. The summed E-state index contributed by atoms with van der Waals surface area (Å²) in [6.07, 6.45) is 5.08. The first kappa shape index (κ1) is 22.5. The minimum absolute atomic E-state index is 0.710. The summed E-state index contributed by atoms with van der Waals surface area (Å²) in [6, 6.07) is 14.5. The molecular formula is C28H33N5O. The third-order valence-electron chi connectivity index (χ3n) is 6.74. The lowest BCUT2D eigenvalue weighted by molar-refractivity contribution is 0.249. The van der Waals surface area contributed by atoms with Gasteiger partial charge in [-0.15, -0.1) is 0 Å². The van der Waals surface area contributed by atoms with Crippen LogP contribution in [0.25, 0.3) is 33.4 Å². The molecule has 4 heterocycles. The van der Waals surface area contributed by atoms with Crippen LogP contribution < -0.4 is 4.74 Å². The van der Waals surface area contributed by atoms with Crippen molar-refractivity contribution in [1.29, 1.82) is 0 Å². The average Bonchev–Trinajstić information content (AvgIpc) is 3.45. The predicted octanol–water partition coefficient (Wildman–Crippen LogP) is 5.53. The highest BCUT2D eigenvalue weighted by atomic mass is 16.5. The minimum atomic E-state index is 0.710. The Morgan fingerprint density at radius 1 is 1.09 bits per heavy atom. The molecule has 1 aliphatic rings. The van der Waals surface area contributed by atoms with Gasteiger partial charge >= 0.3 is 0 Å². The Kier molecular flexibility index (Phi) is 6.59. The first-order valence-corrected chi connectivity index (χ1v) is 12.5. The van der Waals surface area contributed by atoms with Gasteiger partial charge in [-0.1, -0.05) is 19.9 Å². The molecule has 34 heavy (non-hydrogen) atoms. The molecule has 0 aliphatic carbocycles. The molecule has 0 atom stereocenters. The predicted molar refractivity (Wildman–Crippen MR) is 137 cm³/mol. The van der Waals surface area contributed by atoms with Crippen LogP contribution in [0.2, 0.25) is 0 Å². The summed E-state index contributed by atoms with van der Waals surface area (Å²) in [4.78, 5) is 11.9. The van der Waals surface area contributed by atoms with E-state index in [0.717, 1.165) is 79.2 Å². The van der Waals surface area contributed by atoms with E-state index in [4.69, 9.17) is 14.8 Å². The van der Waals surface area contributed by atoms with Crippen LogP contribution in [0.4, 0.5) is 0 Å². The summed E-state index contributed by atoms with van der Waals surface area (Å²) in [7, 11) is 0. The highest BCUT2D eigenvalue weighted by Crippen LogP contribution is 2.40. The lowest BCUT2D eigenvalue weighted by Crippen LogP contribution is -2.25. The monoisotopic (exact) mass is 455 g/mol. The Morgan fingerprint density at radius 2 is 1.97 bits per heavy atom. The zero-order valence-electron chi connectivity index (χ0n) is 20.4. The minimum Gasteiger partial charge on any atom is -0.493 e. The lowest BCUT2D eigenvalue weighted by atomic mass is 9.96. The second kappa shape index (κ2) is 9.94. The first-order chi connectivity index (χ1) is 16.7. The van der Waals surface area contributed by atoms with Gasteiger partial charge in [-0.3, -0.25) is 14.6 Å². The third-order valence-corrected chi connectivity index (χ3v) is 6.74. The maximum Gasteiger partial charge on any atom is 0.121 e. The fourth-order valence-corrected chi connectivity index (χ4v) is 4.92. The number of ether oxygens (including phenoxy) is 1. The molecule has 4 aromatic rings. The van der Waals surface area contributed by atoms with Crippen molar-refractivity contribution in [2.75, 3.05) is 26.2 Å². The quantitative estimate of drug-likeness (QED) is 0.311. The summed E-state index contributed by atoms with van der Waals surface area (Å²) in [5, 5.41) is 6.11. The van der Waals surface area contributed by atoms with Crippen LogP contribution in [0.1, 0.15) is 38.1 Å². The number of benzene rings is 1. The van der Waals surface area contributed by atoms with Crippen molar-refractivity contribution in [2.24, 2.45) is 0 Å². The van der Waals surface area contributed by atoms with Crippen molar-refractivity contribution >= 4 is 10.9 Å². The van der Waals surface area contributed by atoms with E-state index in [9.17, 15) is 0 Å². The molecule has 0 N–H and O–H groups in total. The number of aryl methyl sites for hydroxylation is 2. The number of aromatic nitrogens is 4. The molecule has 0 radical (unpaired) electrons. The first-order valence-electron chi connectivity index (χ1n) is 12.5. The molecular weight excluding hydrogens is 422 g/mol. The number of pyridine rings is 2. The lowest BCUT2D eigenvalue weighted by Gasteiger charge is -2.17. The van der Waals surface area contributed by atoms with E-state index in [1.165, 1.54) is 16.8 Å². The highest BCUT2D eigenvalue weighted by molar-refractivity contribution is 5.99. The standard InChI is InChI=1S/C28H33N5O/c1-4-32(5-2)16-8-18-34-21-12-13-22-23(14-15-29-25(22)19-21)27-26-11-7-17-33(26)31-28(27)24-10-6-9-20(3)30-24/h6,9-10,12-15,19H,4-5,7-8,11,16-18H2,1-3H3. The average molecular weight is 456 g/mol. The maximum absolute atomic E-state index is 6.07. The molecule has 0 amide bonds. The molecule has 1 aromatic carbocycles. The summed E-state index contributed by atoms with van der Waals surface area (Å²) >= 11 is 0. The van der Waals surface area contributed by atoms with Crippen LogP contribution in [-0.2, 0) is 13.0 Å². The van der Waals surface area contributed by atoms with Crippen molar-refractivity contribution < 1.29 is 4.74 Å². The number of hydrogen-bond acceptors (Lipinski definition) is 5. The van der Waals surface area contributed by atoms with Crippen molar-refractivity contribution in [3.63, 3.8) is 0 Å². The van der Waals surface area contributed by atoms with Crippen LogP contribution in [0.15, 0.2) is 48.7 Å². The van der Waals surface area contributed by atoms with Crippen LogP contribution in [0.3, 0.4) is 0 Å². The summed E-state index contributed by atoms with van der Waals surface area (Å²) in [6.45, 7) is 11.3. The van der Waals surface area contributed by atoms with Crippen LogP contribution >= 0.6 is 0 Å². The molecule has 176 valence electrons. The fraction of sp³-hybridized carbons (Fsp3) is 0.393.